The third-order valence-corrected chi connectivity index (χ3v) is 4.35. The molecule has 1 aliphatic heterocycles. The molecule has 2 aromatic carbocycles. The number of H-pyrrole nitrogens is 1. The van der Waals surface area contributed by atoms with E-state index in [0.717, 1.165) is 29.8 Å². The molecule has 0 atom stereocenters. The second-order valence-electron chi connectivity index (χ2n) is 5.60. The normalized spacial score (nSPS) is 13.3. The molecule has 3 N–H and O–H groups in total. The van der Waals surface area contributed by atoms with Crippen molar-refractivity contribution < 1.29 is 14.9 Å². The first kappa shape index (κ1) is 14.8. The van der Waals surface area contributed by atoms with Gasteiger partial charge in [-0.2, -0.15) is 5.10 Å². The highest BCUT2D eigenvalue weighted by Crippen LogP contribution is 2.35. The van der Waals surface area contributed by atoms with Crippen molar-refractivity contribution >= 4 is 12.2 Å². The Labute approximate surface area is 143 Å². The predicted octanol–water partition coefficient (Wildman–Crippen LogP) is 3.33. The SMILES string of the molecule is Oc1ccc(-c2n[nH]c(=S)n2-c2cccc3c2CCCO3)c(O)c1. The Kier molecular flexibility index (Phi) is 3.50. The number of phenolic OH excluding ortho intramolecular Hbond substituents is 2. The maximum atomic E-state index is 10.2. The molecule has 1 aromatic heterocycles. The monoisotopic (exact) mass is 341 g/mol. The lowest BCUT2D eigenvalue weighted by Crippen LogP contribution is -2.12. The molecule has 0 radical (unpaired) electrons. The van der Waals surface area contributed by atoms with Gasteiger partial charge in [0.15, 0.2) is 10.6 Å². The molecule has 4 rings (SSSR count). The zero-order valence-electron chi connectivity index (χ0n) is 12.7. The number of benzene rings is 2. The number of nitrogens with zero attached hydrogens (tertiary/aromatic N) is 2. The largest absolute Gasteiger partial charge is 0.508 e. The maximum Gasteiger partial charge on any atom is 0.200 e. The van der Waals surface area contributed by atoms with Gasteiger partial charge in [0.1, 0.15) is 17.2 Å². The van der Waals surface area contributed by atoms with E-state index in [9.17, 15) is 10.2 Å². The lowest BCUT2D eigenvalue weighted by Gasteiger charge is -2.21. The molecule has 0 spiro atoms. The quantitative estimate of drug-likeness (QED) is 0.623. The van der Waals surface area contributed by atoms with E-state index >= 15 is 0 Å². The number of aromatic amines is 1. The van der Waals surface area contributed by atoms with Gasteiger partial charge in [-0.25, -0.2) is 0 Å². The van der Waals surface area contributed by atoms with E-state index in [-0.39, 0.29) is 11.5 Å². The van der Waals surface area contributed by atoms with Gasteiger partial charge in [-0.05, 0) is 49.3 Å². The lowest BCUT2D eigenvalue weighted by atomic mass is 10.0. The van der Waals surface area contributed by atoms with Crippen molar-refractivity contribution in [2.75, 3.05) is 6.61 Å². The third kappa shape index (κ3) is 2.33. The number of hydrogen-bond donors (Lipinski definition) is 3. The zero-order valence-corrected chi connectivity index (χ0v) is 13.5. The smallest absolute Gasteiger partial charge is 0.200 e. The summed E-state index contributed by atoms with van der Waals surface area (Å²) in [6.07, 6.45) is 1.83. The van der Waals surface area contributed by atoms with Crippen molar-refractivity contribution in [2.45, 2.75) is 12.8 Å². The van der Waals surface area contributed by atoms with Crippen LogP contribution in [0.5, 0.6) is 17.2 Å². The Bertz CT molecular complexity index is 977. The van der Waals surface area contributed by atoms with Gasteiger partial charge in [0.05, 0.1) is 17.9 Å². The zero-order chi connectivity index (χ0) is 16.7. The summed E-state index contributed by atoms with van der Waals surface area (Å²) in [5.41, 5.74) is 2.43. The number of aromatic hydroxyl groups is 2. The summed E-state index contributed by atoms with van der Waals surface area (Å²) in [5.74, 6) is 1.26. The van der Waals surface area contributed by atoms with E-state index in [4.69, 9.17) is 17.0 Å². The minimum Gasteiger partial charge on any atom is -0.508 e. The van der Waals surface area contributed by atoms with Crippen LogP contribution in [-0.4, -0.2) is 31.6 Å². The third-order valence-electron chi connectivity index (χ3n) is 4.07. The van der Waals surface area contributed by atoms with Crippen LogP contribution in [-0.2, 0) is 6.42 Å². The number of ether oxygens (including phenoxy) is 1. The molecule has 122 valence electrons. The highest BCUT2D eigenvalue weighted by atomic mass is 32.1. The minimum atomic E-state index is -0.0636. The van der Waals surface area contributed by atoms with Gasteiger partial charge < -0.3 is 14.9 Å². The lowest BCUT2D eigenvalue weighted by molar-refractivity contribution is 0.288. The highest BCUT2D eigenvalue weighted by molar-refractivity contribution is 7.71. The van der Waals surface area contributed by atoms with E-state index < -0.39 is 0 Å². The van der Waals surface area contributed by atoms with Crippen molar-refractivity contribution in [2.24, 2.45) is 0 Å². The Hall–Kier alpha value is -2.80. The Balaban J connectivity index is 1.95. The molecule has 2 heterocycles. The van der Waals surface area contributed by atoms with Crippen LogP contribution >= 0.6 is 12.2 Å². The molecule has 0 bridgehead atoms. The molecule has 6 nitrogen and oxygen atoms in total. The number of hydrogen-bond acceptors (Lipinski definition) is 5. The summed E-state index contributed by atoms with van der Waals surface area (Å²) in [6, 6.07) is 10.2. The summed E-state index contributed by atoms with van der Waals surface area (Å²) in [7, 11) is 0. The highest BCUT2D eigenvalue weighted by Gasteiger charge is 2.20. The second kappa shape index (κ2) is 5.68. The fraction of sp³-hybridized carbons (Fsp3) is 0.176. The molecule has 0 aliphatic carbocycles. The topological polar surface area (TPSA) is 83.3 Å². The van der Waals surface area contributed by atoms with E-state index in [0.29, 0.717) is 22.8 Å². The molecular weight excluding hydrogens is 326 g/mol. The van der Waals surface area contributed by atoms with Crippen LogP contribution in [0.25, 0.3) is 17.1 Å². The first-order valence-corrected chi connectivity index (χ1v) is 8.01. The Morgan fingerprint density at radius 2 is 2.08 bits per heavy atom. The van der Waals surface area contributed by atoms with E-state index in [1.807, 2.05) is 18.2 Å². The molecule has 0 amide bonds. The van der Waals surface area contributed by atoms with Crippen LogP contribution < -0.4 is 4.74 Å². The van der Waals surface area contributed by atoms with Crippen molar-refractivity contribution in [1.82, 2.24) is 14.8 Å². The summed E-state index contributed by atoms with van der Waals surface area (Å²) in [4.78, 5) is 0. The standard InChI is InChI=1S/C17H15N3O3S/c21-10-6-7-12(14(22)9-10)16-18-19-17(24)20(16)13-4-1-5-15-11(13)3-2-8-23-15/h1,4-7,9,21-22H,2-3,8H2,(H,19,24). The van der Waals surface area contributed by atoms with Gasteiger partial charge in [-0.1, -0.05) is 6.07 Å². The van der Waals surface area contributed by atoms with Crippen molar-refractivity contribution in [3.8, 4) is 34.3 Å². The number of rotatable bonds is 2. The van der Waals surface area contributed by atoms with Crippen LogP contribution in [0.4, 0.5) is 0 Å². The van der Waals surface area contributed by atoms with Crippen LogP contribution in [0.1, 0.15) is 12.0 Å². The van der Waals surface area contributed by atoms with Crippen molar-refractivity contribution in [3.05, 3.63) is 46.7 Å². The molecule has 7 heteroatoms. The average molecular weight is 341 g/mol. The number of phenols is 2. The fourth-order valence-corrected chi connectivity index (χ4v) is 3.22. The molecule has 0 saturated heterocycles. The summed E-state index contributed by atoms with van der Waals surface area (Å²) in [5, 5.41) is 26.7. The molecule has 0 unspecified atom stereocenters. The van der Waals surface area contributed by atoms with Gasteiger partial charge in [-0.15, -0.1) is 0 Å². The van der Waals surface area contributed by atoms with E-state index in [1.54, 1.807) is 10.6 Å². The average Bonchev–Trinajstić information content (AvgIpc) is 2.95. The second-order valence-corrected chi connectivity index (χ2v) is 5.98. The van der Waals surface area contributed by atoms with E-state index in [2.05, 4.69) is 10.2 Å². The number of aromatic nitrogens is 3. The van der Waals surface area contributed by atoms with E-state index in [1.165, 1.54) is 12.1 Å². The van der Waals surface area contributed by atoms with Gasteiger partial charge >= 0.3 is 0 Å². The number of fused-ring (bicyclic) bond motifs is 1. The first-order chi connectivity index (χ1) is 11.6. The molecule has 24 heavy (non-hydrogen) atoms. The predicted molar refractivity (Wildman–Crippen MR) is 91.3 cm³/mol. The first-order valence-electron chi connectivity index (χ1n) is 7.60. The van der Waals surface area contributed by atoms with Gasteiger partial charge in [-0.3, -0.25) is 9.67 Å². The Morgan fingerprint density at radius 3 is 2.92 bits per heavy atom. The maximum absolute atomic E-state index is 10.2. The molecule has 0 fully saturated rings. The van der Waals surface area contributed by atoms with Crippen molar-refractivity contribution in [1.29, 1.82) is 0 Å². The van der Waals surface area contributed by atoms with Gasteiger partial charge in [0, 0.05) is 11.6 Å². The van der Waals surface area contributed by atoms with Crippen LogP contribution in [0.2, 0.25) is 0 Å². The summed E-state index contributed by atoms with van der Waals surface area (Å²) >= 11 is 5.40. The number of nitrogens with one attached hydrogen (secondary N) is 1. The van der Waals surface area contributed by atoms with Crippen molar-refractivity contribution in [3.63, 3.8) is 0 Å². The van der Waals surface area contributed by atoms with Gasteiger partial charge in [0.2, 0.25) is 0 Å². The van der Waals surface area contributed by atoms with Crippen LogP contribution in [0.3, 0.4) is 0 Å². The molecule has 3 aromatic rings. The molecular formula is C17H15N3O3S. The fourth-order valence-electron chi connectivity index (χ4n) is 2.99. The van der Waals surface area contributed by atoms with Crippen LogP contribution in [0.15, 0.2) is 36.4 Å². The summed E-state index contributed by atoms with van der Waals surface area (Å²) < 4.78 is 7.94. The molecule has 1 aliphatic rings. The van der Waals surface area contributed by atoms with Gasteiger partial charge in [0.25, 0.3) is 0 Å². The molecule has 0 saturated carbocycles. The minimum absolute atomic E-state index is 0.0116. The van der Waals surface area contributed by atoms with Crippen LogP contribution in [0, 0.1) is 4.77 Å². The Morgan fingerprint density at radius 1 is 1.21 bits per heavy atom. The summed E-state index contributed by atoms with van der Waals surface area (Å²) in [6.45, 7) is 0.707.